The first-order valence-electron chi connectivity index (χ1n) is 9.42. The van der Waals surface area contributed by atoms with Crippen LogP contribution in [0.25, 0.3) is 5.76 Å². The standard InChI is InChI=1S/C23H25NO3/c1-4-13-24-20(18-8-6-7-15(3)14-18)19(22(26)23(24)27)21(25)17-11-9-16(5-2)10-12-17/h6-12,14,20,25H,4-5,13H2,1-3H3/b21-19-. The molecule has 4 nitrogen and oxygen atoms in total. The van der Waals surface area contributed by atoms with Gasteiger partial charge < -0.3 is 10.0 Å². The second-order valence-electron chi connectivity index (χ2n) is 6.96. The number of hydrogen-bond acceptors (Lipinski definition) is 3. The Balaban J connectivity index is 2.16. The fourth-order valence-electron chi connectivity index (χ4n) is 3.59. The smallest absolute Gasteiger partial charge is 0.295 e. The second-order valence-corrected chi connectivity index (χ2v) is 6.96. The van der Waals surface area contributed by atoms with Crippen molar-refractivity contribution in [3.63, 3.8) is 0 Å². The lowest BCUT2D eigenvalue weighted by Crippen LogP contribution is -2.30. The molecule has 0 aromatic heterocycles. The molecule has 1 heterocycles. The molecule has 0 saturated carbocycles. The summed E-state index contributed by atoms with van der Waals surface area (Å²) in [7, 11) is 0. The molecule has 4 heteroatoms. The summed E-state index contributed by atoms with van der Waals surface area (Å²) in [5, 5.41) is 10.9. The highest BCUT2D eigenvalue weighted by Crippen LogP contribution is 2.39. The van der Waals surface area contributed by atoms with Crippen LogP contribution in [0.5, 0.6) is 0 Å². The van der Waals surface area contributed by atoms with Crippen LogP contribution in [-0.4, -0.2) is 28.2 Å². The molecular formula is C23H25NO3. The van der Waals surface area contributed by atoms with Gasteiger partial charge in [-0.15, -0.1) is 0 Å². The number of likely N-dealkylation sites (tertiary alicyclic amines) is 1. The third-order valence-corrected chi connectivity index (χ3v) is 5.00. The lowest BCUT2D eigenvalue weighted by atomic mass is 9.94. The van der Waals surface area contributed by atoms with Gasteiger partial charge in [0.05, 0.1) is 11.6 Å². The van der Waals surface area contributed by atoms with E-state index in [1.807, 2.05) is 50.2 Å². The molecule has 1 aliphatic rings. The predicted molar refractivity (Wildman–Crippen MR) is 106 cm³/mol. The van der Waals surface area contributed by atoms with Gasteiger partial charge in [0.2, 0.25) is 0 Å². The summed E-state index contributed by atoms with van der Waals surface area (Å²) >= 11 is 0. The minimum absolute atomic E-state index is 0.110. The molecule has 0 bridgehead atoms. The van der Waals surface area contributed by atoms with Gasteiger partial charge in [-0.25, -0.2) is 0 Å². The summed E-state index contributed by atoms with van der Waals surface area (Å²) in [6, 6.07) is 14.6. The summed E-state index contributed by atoms with van der Waals surface area (Å²) < 4.78 is 0. The molecule has 0 aliphatic carbocycles. The topological polar surface area (TPSA) is 57.6 Å². The van der Waals surface area contributed by atoms with Crippen LogP contribution >= 0.6 is 0 Å². The summed E-state index contributed by atoms with van der Waals surface area (Å²) in [6.45, 7) is 6.46. The average molecular weight is 363 g/mol. The van der Waals surface area contributed by atoms with Crippen molar-refractivity contribution < 1.29 is 14.7 Å². The molecule has 27 heavy (non-hydrogen) atoms. The van der Waals surface area contributed by atoms with E-state index >= 15 is 0 Å². The Bertz CT molecular complexity index is 896. The first kappa shape index (κ1) is 18.9. The van der Waals surface area contributed by atoms with Crippen molar-refractivity contribution in [1.82, 2.24) is 4.90 Å². The molecule has 1 aliphatic heterocycles. The molecule has 1 fully saturated rings. The summed E-state index contributed by atoms with van der Waals surface area (Å²) in [5.41, 5.74) is 3.76. The third kappa shape index (κ3) is 3.52. The number of ketones is 1. The summed E-state index contributed by atoms with van der Waals surface area (Å²) in [5.74, 6) is -1.27. The molecule has 2 aromatic rings. The van der Waals surface area contributed by atoms with Crippen LogP contribution in [0, 0.1) is 6.92 Å². The number of benzene rings is 2. The van der Waals surface area contributed by atoms with Crippen LogP contribution < -0.4 is 0 Å². The van der Waals surface area contributed by atoms with Crippen molar-refractivity contribution in [1.29, 1.82) is 0 Å². The van der Waals surface area contributed by atoms with E-state index in [1.54, 1.807) is 17.0 Å². The molecular weight excluding hydrogens is 338 g/mol. The van der Waals surface area contributed by atoms with Crippen molar-refractivity contribution in [2.75, 3.05) is 6.54 Å². The van der Waals surface area contributed by atoms with Gasteiger partial charge in [-0.05, 0) is 30.9 Å². The van der Waals surface area contributed by atoms with Gasteiger partial charge in [-0.1, -0.05) is 67.9 Å². The van der Waals surface area contributed by atoms with Gasteiger partial charge in [0.25, 0.3) is 11.7 Å². The maximum Gasteiger partial charge on any atom is 0.295 e. The number of aliphatic hydroxyl groups is 1. The summed E-state index contributed by atoms with van der Waals surface area (Å²) in [4.78, 5) is 27.0. The first-order chi connectivity index (χ1) is 13.0. The number of carbonyl (C=O) groups excluding carboxylic acids is 2. The van der Waals surface area contributed by atoms with Gasteiger partial charge in [-0.3, -0.25) is 9.59 Å². The van der Waals surface area contributed by atoms with E-state index in [0.717, 1.165) is 29.5 Å². The molecule has 1 atom stereocenters. The van der Waals surface area contributed by atoms with Gasteiger partial charge >= 0.3 is 0 Å². The number of rotatable bonds is 5. The summed E-state index contributed by atoms with van der Waals surface area (Å²) in [6.07, 6.45) is 1.63. The Hall–Kier alpha value is -2.88. The van der Waals surface area contributed by atoms with E-state index in [0.29, 0.717) is 12.1 Å². The van der Waals surface area contributed by atoms with E-state index in [4.69, 9.17) is 0 Å². The highest BCUT2D eigenvalue weighted by Gasteiger charge is 2.45. The van der Waals surface area contributed by atoms with E-state index in [2.05, 4.69) is 6.92 Å². The van der Waals surface area contributed by atoms with E-state index in [-0.39, 0.29) is 11.3 Å². The van der Waals surface area contributed by atoms with Crippen molar-refractivity contribution in [2.45, 2.75) is 39.7 Å². The Labute approximate surface area is 160 Å². The fourth-order valence-corrected chi connectivity index (χ4v) is 3.59. The molecule has 3 rings (SSSR count). The molecule has 1 amide bonds. The SMILES string of the molecule is CCCN1C(=O)C(=O)/C(=C(\O)c2ccc(CC)cc2)C1c1cccc(C)c1. The minimum atomic E-state index is -0.618. The average Bonchev–Trinajstić information content (AvgIpc) is 2.93. The van der Waals surface area contributed by atoms with Crippen molar-refractivity contribution in [2.24, 2.45) is 0 Å². The van der Waals surface area contributed by atoms with Crippen molar-refractivity contribution in [3.8, 4) is 0 Å². The number of amides is 1. The van der Waals surface area contributed by atoms with Gasteiger partial charge in [0, 0.05) is 12.1 Å². The molecule has 140 valence electrons. The van der Waals surface area contributed by atoms with Crippen LogP contribution in [0.2, 0.25) is 0 Å². The van der Waals surface area contributed by atoms with Crippen LogP contribution in [0.3, 0.4) is 0 Å². The van der Waals surface area contributed by atoms with Crippen LogP contribution in [0.15, 0.2) is 54.1 Å². The van der Waals surface area contributed by atoms with Crippen LogP contribution in [0.4, 0.5) is 0 Å². The Morgan fingerprint density at radius 2 is 1.78 bits per heavy atom. The number of aliphatic hydroxyl groups excluding tert-OH is 1. The fraction of sp³-hybridized carbons (Fsp3) is 0.304. The first-order valence-corrected chi connectivity index (χ1v) is 9.42. The van der Waals surface area contributed by atoms with E-state index in [1.165, 1.54) is 0 Å². The molecule has 0 spiro atoms. The van der Waals surface area contributed by atoms with Crippen molar-refractivity contribution in [3.05, 3.63) is 76.4 Å². The van der Waals surface area contributed by atoms with Crippen molar-refractivity contribution >= 4 is 17.4 Å². The molecule has 1 N–H and O–H groups in total. The van der Waals surface area contributed by atoms with Gasteiger partial charge in [0.15, 0.2) is 0 Å². The maximum absolute atomic E-state index is 12.8. The third-order valence-electron chi connectivity index (χ3n) is 5.00. The highest BCUT2D eigenvalue weighted by molar-refractivity contribution is 6.46. The largest absolute Gasteiger partial charge is 0.507 e. The lowest BCUT2D eigenvalue weighted by Gasteiger charge is -2.25. The minimum Gasteiger partial charge on any atom is -0.507 e. The zero-order valence-corrected chi connectivity index (χ0v) is 16.0. The Kier molecular flexibility index (Phi) is 5.45. The number of Topliss-reactive ketones (excluding diaryl/α,β-unsaturated/α-hetero) is 1. The second kappa shape index (κ2) is 7.78. The van der Waals surface area contributed by atoms with Gasteiger partial charge in [-0.2, -0.15) is 0 Å². The molecule has 0 radical (unpaired) electrons. The number of hydrogen-bond donors (Lipinski definition) is 1. The Morgan fingerprint density at radius 1 is 1.07 bits per heavy atom. The number of nitrogens with zero attached hydrogens (tertiary/aromatic N) is 1. The predicted octanol–water partition coefficient (Wildman–Crippen LogP) is 4.39. The lowest BCUT2D eigenvalue weighted by molar-refractivity contribution is -0.139. The monoisotopic (exact) mass is 363 g/mol. The number of carbonyl (C=O) groups is 2. The zero-order chi connectivity index (χ0) is 19.6. The van der Waals surface area contributed by atoms with Gasteiger partial charge in [0.1, 0.15) is 5.76 Å². The maximum atomic E-state index is 12.8. The molecule has 1 unspecified atom stereocenters. The van der Waals surface area contributed by atoms with Crippen LogP contribution in [-0.2, 0) is 16.0 Å². The number of aryl methyl sites for hydroxylation is 2. The molecule has 2 aromatic carbocycles. The quantitative estimate of drug-likeness (QED) is 0.487. The zero-order valence-electron chi connectivity index (χ0n) is 16.0. The Morgan fingerprint density at radius 3 is 2.37 bits per heavy atom. The van der Waals surface area contributed by atoms with E-state index < -0.39 is 17.7 Å². The molecule has 1 saturated heterocycles. The normalized spacial score (nSPS) is 18.9. The highest BCUT2D eigenvalue weighted by atomic mass is 16.3. The van der Waals surface area contributed by atoms with Crippen LogP contribution in [0.1, 0.15) is 48.6 Å². The van der Waals surface area contributed by atoms with E-state index in [9.17, 15) is 14.7 Å².